The molecule has 24 heavy (non-hydrogen) atoms. The fourth-order valence-corrected chi connectivity index (χ4v) is 2.65. The summed E-state index contributed by atoms with van der Waals surface area (Å²) in [5, 5.41) is 4.80. The van der Waals surface area contributed by atoms with E-state index in [4.69, 9.17) is 20.4 Å². The Morgan fingerprint density at radius 3 is 2.54 bits per heavy atom. The molecule has 2 aromatic carbocycles. The number of benzene rings is 2. The summed E-state index contributed by atoms with van der Waals surface area (Å²) in [5.41, 5.74) is 1.20. The summed E-state index contributed by atoms with van der Waals surface area (Å²) in [4.78, 5) is 23.5. The zero-order valence-electron chi connectivity index (χ0n) is 12.2. The normalized spacial score (nSPS) is 11.0. The SMILES string of the molecule is O=C(Nc1ccc2oc(=O)ccc2c1)c1cc2cc(Cl)ccc2o1. The number of amides is 1. The Morgan fingerprint density at radius 1 is 0.875 bits per heavy atom. The number of nitrogens with one attached hydrogen (secondary N) is 1. The van der Waals surface area contributed by atoms with Crippen molar-refractivity contribution in [2.75, 3.05) is 5.32 Å². The topological polar surface area (TPSA) is 72.5 Å². The highest BCUT2D eigenvalue weighted by Crippen LogP contribution is 2.24. The molecule has 5 nitrogen and oxygen atoms in total. The number of hydrogen-bond donors (Lipinski definition) is 1. The van der Waals surface area contributed by atoms with Gasteiger partial charge in [0.2, 0.25) is 0 Å². The summed E-state index contributed by atoms with van der Waals surface area (Å²) < 4.78 is 10.6. The lowest BCUT2D eigenvalue weighted by atomic mass is 10.2. The molecule has 1 amide bonds. The smallest absolute Gasteiger partial charge is 0.336 e. The number of carbonyl (C=O) groups excluding carboxylic acids is 1. The van der Waals surface area contributed by atoms with Crippen molar-refractivity contribution in [3.63, 3.8) is 0 Å². The third-order valence-corrected chi connectivity index (χ3v) is 3.81. The molecule has 6 heteroatoms. The molecule has 0 radical (unpaired) electrons. The maximum absolute atomic E-state index is 12.3. The molecule has 0 aliphatic heterocycles. The number of halogens is 1. The van der Waals surface area contributed by atoms with Gasteiger partial charge in [0.15, 0.2) is 5.76 Å². The van der Waals surface area contributed by atoms with Crippen molar-refractivity contribution >= 4 is 45.1 Å². The predicted molar refractivity (Wildman–Crippen MR) is 91.7 cm³/mol. The van der Waals surface area contributed by atoms with Crippen LogP contribution in [0.3, 0.4) is 0 Å². The molecule has 0 atom stereocenters. The van der Waals surface area contributed by atoms with Crippen LogP contribution in [0.4, 0.5) is 5.69 Å². The molecule has 2 aromatic heterocycles. The van der Waals surface area contributed by atoms with Gasteiger partial charge in [0.05, 0.1) is 0 Å². The van der Waals surface area contributed by atoms with Gasteiger partial charge in [0.1, 0.15) is 11.2 Å². The molecule has 0 saturated carbocycles. The number of carbonyl (C=O) groups is 1. The Kier molecular flexibility index (Phi) is 3.36. The van der Waals surface area contributed by atoms with Crippen molar-refractivity contribution in [3.8, 4) is 0 Å². The third kappa shape index (κ3) is 2.66. The van der Waals surface area contributed by atoms with Crippen LogP contribution in [0.5, 0.6) is 0 Å². The molecule has 4 aromatic rings. The summed E-state index contributed by atoms with van der Waals surface area (Å²) in [6.07, 6.45) is 0. The van der Waals surface area contributed by atoms with Gasteiger partial charge in [0.25, 0.3) is 5.91 Å². The molecule has 0 unspecified atom stereocenters. The van der Waals surface area contributed by atoms with E-state index in [1.165, 1.54) is 6.07 Å². The van der Waals surface area contributed by atoms with Crippen LogP contribution >= 0.6 is 11.6 Å². The van der Waals surface area contributed by atoms with Gasteiger partial charge in [-0.1, -0.05) is 11.6 Å². The molecule has 0 saturated heterocycles. The summed E-state index contributed by atoms with van der Waals surface area (Å²) in [5.74, 6) is -0.189. The van der Waals surface area contributed by atoms with E-state index in [0.717, 1.165) is 5.39 Å². The maximum Gasteiger partial charge on any atom is 0.336 e. The second-order valence-corrected chi connectivity index (χ2v) is 5.69. The third-order valence-electron chi connectivity index (χ3n) is 3.58. The van der Waals surface area contributed by atoms with Crippen molar-refractivity contribution in [2.45, 2.75) is 0 Å². The molecular formula is C18H10ClNO4. The number of hydrogen-bond acceptors (Lipinski definition) is 4. The minimum Gasteiger partial charge on any atom is -0.451 e. The van der Waals surface area contributed by atoms with E-state index in [1.807, 2.05) is 0 Å². The van der Waals surface area contributed by atoms with Gasteiger partial charge in [0, 0.05) is 27.5 Å². The van der Waals surface area contributed by atoms with Crippen molar-refractivity contribution in [3.05, 3.63) is 75.8 Å². The minimum absolute atomic E-state index is 0.187. The van der Waals surface area contributed by atoms with Gasteiger partial charge < -0.3 is 14.2 Å². The molecule has 1 N–H and O–H groups in total. The second-order valence-electron chi connectivity index (χ2n) is 5.25. The quantitative estimate of drug-likeness (QED) is 0.548. The average Bonchev–Trinajstić information content (AvgIpc) is 2.98. The first-order valence-electron chi connectivity index (χ1n) is 7.13. The van der Waals surface area contributed by atoms with Crippen LogP contribution < -0.4 is 10.9 Å². The standard InChI is InChI=1S/C18H10ClNO4/c19-12-2-4-15-11(7-12)9-16(23-15)18(22)20-13-3-5-14-10(8-13)1-6-17(21)24-14/h1-9H,(H,20,22). The summed E-state index contributed by atoms with van der Waals surface area (Å²) in [6, 6.07) is 14.8. The highest BCUT2D eigenvalue weighted by atomic mass is 35.5. The minimum atomic E-state index is -0.416. The predicted octanol–water partition coefficient (Wildman–Crippen LogP) is 4.44. The molecule has 0 bridgehead atoms. The highest BCUT2D eigenvalue weighted by molar-refractivity contribution is 6.31. The van der Waals surface area contributed by atoms with Crippen LogP contribution in [0, 0.1) is 0 Å². The van der Waals surface area contributed by atoms with Gasteiger partial charge in [-0.05, 0) is 48.5 Å². The summed E-state index contributed by atoms with van der Waals surface area (Å²) >= 11 is 5.93. The van der Waals surface area contributed by atoms with Gasteiger partial charge in [-0.2, -0.15) is 0 Å². The molecule has 0 aliphatic rings. The van der Waals surface area contributed by atoms with Crippen LogP contribution in [0.2, 0.25) is 5.02 Å². The lowest BCUT2D eigenvalue weighted by Crippen LogP contribution is -2.10. The Morgan fingerprint density at radius 2 is 1.67 bits per heavy atom. The van der Waals surface area contributed by atoms with Crippen molar-refractivity contribution in [1.82, 2.24) is 0 Å². The number of fused-ring (bicyclic) bond motifs is 2. The van der Waals surface area contributed by atoms with Gasteiger partial charge in [-0.15, -0.1) is 0 Å². The number of anilines is 1. The van der Waals surface area contributed by atoms with Crippen LogP contribution in [0.15, 0.2) is 68.2 Å². The van der Waals surface area contributed by atoms with E-state index in [0.29, 0.717) is 27.3 Å². The largest absolute Gasteiger partial charge is 0.451 e. The molecule has 0 aliphatic carbocycles. The average molecular weight is 340 g/mol. The fourth-order valence-electron chi connectivity index (χ4n) is 2.47. The lowest BCUT2D eigenvalue weighted by molar-refractivity contribution is 0.0998. The van der Waals surface area contributed by atoms with Crippen molar-refractivity contribution < 1.29 is 13.6 Å². The highest BCUT2D eigenvalue weighted by Gasteiger charge is 2.13. The van der Waals surface area contributed by atoms with Crippen LogP contribution in [0.1, 0.15) is 10.6 Å². The molecular weight excluding hydrogens is 330 g/mol. The summed E-state index contributed by atoms with van der Waals surface area (Å²) in [7, 11) is 0. The van der Waals surface area contributed by atoms with Crippen molar-refractivity contribution in [2.24, 2.45) is 0 Å². The molecule has 0 fully saturated rings. The van der Waals surface area contributed by atoms with Gasteiger partial charge in [-0.3, -0.25) is 4.79 Å². The Bertz CT molecular complexity index is 1140. The first-order chi connectivity index (χ1) is 11.6. The second kappa shape index (κ2) is 5.54. The van der Waals surface area contributed by atoms with E-state index < -0.39 is 5.63 Å². The monoisotopic (exact) mass is 339 g/mol. The first kappa shape index (κ1) is 14.5. The molecule has 118 valence electrons. The summed E-state index contributed by atoms with van der Waals surface area (Å²) in [6.45, 7) is 0. The zero-order chi connectivity index (χ0) is 16.7. The van der Waals surface area contributed by atoms with Crippen LogP contribution in [-0.4, -0.2) is 5.91 Å². The number of furan rings is 1. The maximum atomic E-state index is 12.3. The Labute approximate surface area is 140 Å². The first-order valence-corrected chi connectivity index (χ1v) is 7.51. The Hall–Kier alpha value is -3.05. The van der Waals surface area contributed by atoms with E-state index in [-0.39, 0.29) is 11.7 Å². The Balaban J connectivity index is 1.64. The van der Waals surface area contributed by atoms with Gasteiger partial charge >= 0.3 is 5.63 Å². The van der Waals surface area contributed by atoms with E-state index in [2.05, 4.69) is 5.32 Å². The van der Waals surface area contributed by atoms with Crippen LogP contribution in [0.25, 0.3) is 21.9 Å². The van der Waals surface area contributed by atoms with Gasteiger partial charge in [-0.25, -0.2) is 4.79 Å². The lowest BCUT2D eigenvalue weighted by Gasteiger charge is -2.04. The van der Waals surface area contributed by atoms with E-state index in [9.17, 15) is 9.59 Å². The molecule has 2 heterocycles. The zero-order valence-corrected chi connectivity index (χ0v) is 13.0. The molecule has 0 spiro atoms. The molecule has 4 rings (SSSR count). The fraction of sp³-hybridized carbons (Fsp3) is 0. The van der Waals surface area contributed by atoms with E-state index >= 15 is 0 Å². The van der Waals surface area contributed by atoms with Crippen molar-refractivity contribution in [1.29, 1.82) is 0 Å². The number of rotatable bonds is 2. The van der Waals surface area contributed by atoms with E-state index in [1.54, 1.807) is 48.5 Å². The van der Waals surface area contributed by atoms with Crippen LogP contribution in [-0.2, 0) is 0 Å².